The normalized spacial score (nSPS) is 13.3. The quantitative estimate of drug-likeness (QED) is 0.847. The highest BCUT2D eigenvalue weighted by atomic mass is 32.1. The molecule has 1 amide bonds. The molecule has 0 fully saturated rings. The average Bonchev–Trinajstić information content (AvgIpc) is 3.12. The number of aromatic nitrogens is 1. The third-order valence-corrected chi connectivity index (χ3v) is 4.64. The van der Waals surface area contributed by atoms with E-state index >= 15 is 0 Å². The lowest BCUT2D eigenvalue weighted by molar-refractivity contribution is 0.0138. The Labute approximate surface area is 140 Å². The van der Waals surface area contributed by atoms with E-state index < -0.39 is 11.5 Å². The fourth-order valence-corrected chi connectivity index (χ4v) is 3.09. The summed E-state index contributed by atoms with van der Waals surface area (Å²) in [5.74, 6) is 0.507. The lowest BCUT2D eigenvalue weighted by atomic mass is 9.80. The van der Waals surface area contributed by atoms with Crippen molar-refractivity contribution in [3.63, 3.8) is 0 Å². The molecule has 0 aliphatic rings. The first kappa shape index (κ1) is 17.7. The van der Waals surface area contributed by atoms with Crippen LogP contribution in [0.5, 0.6) is 0 Å². The number of amides is 1. The van der Waals surface area contributed by atoms with Crippen LogP contribution in [0.15, 0.2) is 22.1 Å². The Balaban J connectivity index is 2.00. The molecule has 0 saturated carbocycles. The third kappa shape index (κ3) is 4.20. The summed E-state index contributed by atoms with van der Waals surface area (Å²) in [6.07, 6.45) is 0.950. The van der Waals surface area contributed by atoms with Crippen LogP contribution in [0.4, 0.5) is 0 Å². The van der Waals surface area contributed by atoms with E-state index in [1.165, 1.54) is 17.6 Å². The van der Waals surface area contributed by atoms with Gasteiger partial charge in [-0.3, -0.25) is 4.79 Å². The molecule has 2 aromatic rings. The van der Waals surface area contributed by atoms with E-state index in [1.807, 2.05) is 40.0 Å². The minimum Gasteiger partial charge on any atom is -0.462 e. The zero-order valence-corrected chi connectivity index (χ0v) is 15.0. The molecule has 2 heterocycles. The molecular weight excluding hydrogens is 312 g/mol. The SMILES string of the molecule is Cc1nc(-c2cc(C(=O)NCC(C)(C)C(O)C(C)C)co2)cs1. The maximum absolute atomic E-state index is 12.3. The maximum atomic E-state index is 12.3. The summed E-state index contributed by atoms with van der Waals surface area (Å²) in [6, 6.07) is 1.69. The number of furan rings is 1. The van der Waals surface area contributed by atoms with Crippen LogP contribution >= 0.6 is 11.3 Å². The van der Waals surface area contributed by atoms with Crippen molar-refractivity contribution in [1.82, 2.24) is 10.3 Å². The Hall–Kier alpha value is -1.66. The van der Waals surface area contributed by atoms with Gasteiger partial charge in [-0.1, -0.05) is 27.7 Å². The highest BCUT2D eigenvalue weighted by molar-refractivity contribution is 7.09. The first-order valence-electron chi connectivity index (χ1n) is 7.68. The molecule has 2 N–H and O–H groups in total. The van der Waals surface area contributed by atoms with Crippen molar-refractivity contribution in [3.05, 3.63) is 28.3 Å². The van der Waals surface area contributed by atoms with Gasteiger partial charge in [-0.25, -0.2) is 4.98 Å². The largest absolute Gasteiger partial charge is 0.462 e. The van der Waals surface area contributed by atoms with Gasteiger partial charge in [0.05, 0.1) is 16.7 Å². The molecule has 5 nitrogen and oxygen atoms in total. The van der Waals surface area contributed by atoms with Crippen LogP contribution in [0.25, 0.3) is 11.5 Å². The van der Waals surface area contributed by atoms with E-state index in [4.69, 9.17) is 4.42 Å². The van der Waals surface area contributed by atoms with E-state index in [9.17, 15) is 9.90 Å². The Bertz CT molecular complexity index is 673. The summed E-state index contributed by atoms with van der Waals surface area (Å²) in [5, 5.41) is 15.9. The van der Waals surface area contributed by atoms with E-state index in [0.717, 1.165) is 10.7 Å². The number of aliphatic hydroxyl groups excluding tert-OH is 1. The molecular formula is C17H24N2O3S. The van der Waals surface area contributed by atoms with Crippen molar-refractivity contribution in [2.75, 3.05) is 6.54 Å². The van der Waals surface area contributed by atoms with Crippen LogP contribution in [-0.4, -0.2) is 28.6 Å². The number of nitrogens with zero attached hydrogens (tertiary/aromatic N) is 1. The number of rotatable bonds is 6. The number of thiazole rings is 1. The Kier molecular flexibility index (Phi) is 5.26. The molecule has 23 heavy (non-hydrogen) atoms. The summed E-state index contributed by atoms with van der Waals surface area (Å²) in [4.78, 5) is 16.6. The van der Waals surface area contributed by atoms with Crippen LogP contribution in [0.2, 0.25) is 0 Å². The van der Waals surface area contributed by atoms with Gasteiger partial charge in [0.25, 0.3) is 5.91 Å². The van der Waals surface area contributed by atoms with Crippen LogP contribution in [-0.2, 0) is 0 Å². The molecule has 1 atom stereocenters. The van der Waals surface area contributed by atoms with Gasteiger partial charge in [-0.15, -0.1) is 11.3 Å². The van der Waals surface area contributed by atoms with Gasteiger partial charge in [-0.05, 0) is 18.9 Å². The first-order valence-corrected chi connectivity index (χ1v) is 8.56. The second-order valence-electron chi connectivity index (χ2n) is 6.81. The molecule has 0 spiro atoms. The second kappa shape index (κ2) is 6.84. The predicted octanol–water partition coefficient (Wildman–Crippen LogP) is 3.48. The van der Waals surface area contributed by atoms with Gasteiger partial charge >= 0.3 is 0 Å². The van der Waals surface area contributed by atoms with E-state index in [2.05, 4.69) is 10.3 Å². The van der Waals surface area contributed by atoms with Crippen LogP contribution in [0, 0.1) is 18.3 Å². The average molecular weight is 336 g/mol. The number of carbonyl (C=O) groups excluding carboxylic acids is 1. The number of aliphatic hydroxyl groups is 1. The van der Waals surface area contributed by atoms with Crippen molar-refractivity contribution < 1.29 is 14.3 Å². The Morgan fingerprint density at radius 1 is 1.48 bits per heavy atom. The Morgan fingerprint density at radius 2 is 2.17 bits per heavy atom. The first-order chi connectivity index (χ1) is 10.7. The van der Waals surface area contributed by atoms with E-state index in [1.54, 1.807) is 6.07 Å². The minimum atomic E-state index is -0.485. The smallest absolute Gasteiger partial charge is 0.254 e. The van der Waals surface area contributed by atoms with E-state index in [-0.39, 0.29) is 11.8 Å². The lowest BCUT2D eigenvalue weighted by Gasteiger charge is -2.33. The fourth-order valence-electron chi connectivity index (χ4n) is 2.48. The second-order valence-corrected chi connectivity index (χ2v) is 7.87. The minimum absolute atomic E-state index is 0.135. The molecule has 1 unspecified atom stereocenters. The molecule has 2 rings (SSSR count). The van der Waals surface area contributed by atoms with Gasteiger partial charge in [0, 0.05) is 17.3 Å². The van der Waals surface area contributed by atoms with Gasteiger partial charge in [0.2, 0.25) is 0 Å². The lowest BCUT2D eigenvalue weighted by Crippen LogP contribution is -2.43. The monoisotopic (exact) mass is 336 g/mol. The van der Waals surface area contributed by atoms with Crippen LogP contribution < -0.4 is 5.32 Å². The molecule has 0 saturated heterocycles. The summed E-state index contributed by atoms with van der Waals surface area (Å²) in [6.45, 7) is 10.1. The van der Waals surface area contributed by atoms with Crippen molar-refractivity contribution in [2.45, 2.75) is 40.7 Å². The van der Waals surface area contributed by atoms with Crippen molar-refractivity contribution in [2.24, 2.45) is 11.3 Å². The Morgan fingerprint density at radius 3 is 2.74 bits per heavy atom. The number of aryl methyl sites for hydroxylation is 1. The van der Waals surface area contributed by atoms with Gasteiger partial charge in [-0.2, -0.15) is 0 Å². The zero-order valence-electron chi connectivity index (χ0n) is 14.2. The highest BCUT2D eigenvalue weighted by Gasteiger charge is 2.30. The zero-order chi connectivity index (χ0) is 17.2. The van der Waals surface area contributed by atoms with Gasteiger partial charge in [0.15, 0.2) is 5.76 Å². The third-order valence-electron chi connectivity index (χ3n) is 3.87. The van der Waals surface area contributed by atoms with Crippen molar-refractivity contribution >= 4 is 17.2 Å². The van der Waals surface area contributed by atoms with Crippen LogP contribution in [0.3, 0.4) is 0 Å². The summed E-state index contributed by atoms with van der Waals surface area (Å²) >= 11 is 1.54. The number of carbonyl (C=O) groups is 1. The molecule has 0 aromatic carbocycles. The predicted molar refractivity (Wildman–Crippen MR) is 91.5 cm³/mol. The summed E-state index contributed by atoms with van der Waals surface area (Å²) in [5.41, 5.74) is 0.796. The topological polar surface area (TPSA) is 75.4 Å². The molecule has 2 aromatic heterocycles. The molecule has 0 aliphatic carbocycles. The molecule has 0 aliphatic heterocycles. The highest BCUT2D eigenvalue weighted by Crippen LogP contribution is 2.26. The fraction of sp³-hybridized carbons (Fsp3) is 0.529. The van der Waals surface area contributed by atoms with Crippen molar-refractivity contribution in [1.29, 1.82) is 0 Å². The number of hydrogen-bond acceptors (Lipinski definition) is 5. The van der Waals surface area contributed by atoms with Gasteiger partial charge < -0.3 is 14.8 Å². The molecule has 0 bridgehead atoms. The maximum Gasteiger partial charge on any atom is 0.254 e. The standard InChI is InChI=1S/C17H24N2O3S/c1-10(2)15(20)17(4,5)9-18-16(21)12-6-14(22-7-12)13-8-23-11(3)19-13/h6-8,10,15,20H,9H2,1-5H3,(H,18,21). The number of hydrogen-bond donors (Lipinski definition) is 2. The summed E-state index contributed by atoms with van der Waals surface area (Å²) in [7, 11) is 0. The molecule has 6 heteroatoms. The molecule has 126 valence electrons. The number of nitrogens with one attached hydrogen (secondary N) is 1. The summed E-state index contributed by atoms with van der Waals surface area (Å²) < 4.78 is 5.44. The van der Waals surface area contributed by atoms with E-state index in [0.29, 0.717) is 17.9 Å². The van der Waals surface area contributed by atoms with Crippen molar-refractivity contribution in [3.8, 4) is 11.5 Å². The molecule has 0 radical (unpaired) electrons. The van der Waals surface area contributed by atoms with Crippen LogP contribution in [0.1, 0.15) is 43.1 Å². The van der Waals surface area contributed by atoms with Gasteiger partial charge in [0.1, 0.15) is 12.0 Å².